The number of anilines is 1. The van der Waals surface area contributed by atoms with Gasteiger partial charge in [0.25, 0.3) is 0 Å². The summed E-state index contributed by atoms with van der Waals surface area (Å²) in [6.45, 7) is 2.09. The number of guanidine groups is 1. The van der Waals surface area contributed by atoms with Crippen LogP contribution in [0.1, 0.15) is 34.0 Å². The zero-order valence-corrected chi connectivity index (χ0v) is 13.9. The fourth-order valence-corrected chi connectivity index (χ4v) is 3.36. The number of aromatic amines is 1. The number of H-pyrrole nitrogens is 1. The van der Waals surface area contributed by atoms with Gasteiger partial charge in [-0.05, 0) is 24.6 Å². The van der Waals surface area contributed by atoms with Gasteiger partial charge in [0.1, 0.15) is 5.71 Å². The Morgan fingerprint density at radius 2 is 1.96 bits per heavy atom. The molecule has 5 heteroatoms. The minimum atomic E-state index is -0.209. The summed E-state index contributed by atoms with van der Waals surface area (Å²) in [5.41, 5.74) is 12.5. The number of nitrogens with one attached hydrogen (secondary N) is 3. The first kappa shape index (κ1) is 15.2. The lowest BCUT2D eigenvalue weighted by Crippen LogP contribution is -2.14. The lowest BCUT2D eigenvalue weighted by Gasteiger charge is -2.19. The van der Waals surface area contributed by atoms with Gasteiger partial charge in [-0.1, -0.05) is 48.0 Å². The molecule has 3 aromatic rings. The predicted octanol–water partition coefficient (Wildman–Crippen LogP) is 3.57. The van der Waals surface area contributed by atoms with Crippen molar-refractivity contribution >= 4 is 17.4 Å². The third-order valence-corrected chi connectivity index (χ3v) is 4.42. The molecule has 0 amide bonds. The first-order chi connectivity index (χ1) is 12.1. The monoisotopic (exact) mass is 329 g/mol. The molecule has 2 heterocycles. The van der Waals surface area contributed by atoms with Crippen molar-refractivity contribution in [2.45, 2.75) is 13.0 Å². The van der Waals surface area contributed by atoms with Crippen LogP contribution in [0.2, 0.25) is 0 Å². The van der Waals surface area contributed by atoms with Crippen molar-refractivity contribution in [2.75, 3.05) is 5.32 Å². The molecule has 5 nitrogen and oxygen atoms in total. The molecule has 1 aromatic heterocycles. The van der Waals surface area contributed by atoms with Gasteiger partial charge in [-0.3, -0.25) is 5.41 Å². The molecular weight excluding hydrogens is 310 g/mol. The maximum atomic E-state index is 7.64. The quantitative estimate of drug-likeness (QED) is 0.406. The number of benzene rings is 2. The first-order valence-electron chi connectivity index (χ1n) is 8.16. The van der Waals surface area contributed by atoms with E-state index in [1.165, 1.54) is 11.1 Å². The molecule has 0 bridgehead atoms. The van der Waals surface area contributed by atoms with Crippen molar-refractivity contribution in [2.24, 2.45) is 10.7 Å². The second-order valence-electron chi connectivity index (χ2n) is 6.19. The SMILES string of the molecule is Cc1cccc(C2Nc3ccccc3/C(=N/C(=N)N)c3[nH]ccc32)c1. The second-order valence-corrected chi connectivity index (χ2v) is 6.19. The van der Waals surface area contributed by atoms with Gasteiger partial charge in [-0.2, -0.15) is 0 Å². The number of hydrogen-bond donors (Lipinski definition) is 4. The molecule has 1 unspecified atom stereocenters. The van der Waals surface area contributed by atoms with Crippen molar-refractivity contribution in [3.63, 3.8) is 0 Å². The summed E-state index contributed by atoms with van der Waals surface area (Å²) in [6, 6.07) is 18.5. The Balaban J connectivity index is 1.97. The fourth-order valence-electron chi connectivity index (χ4n) is 3.36. The molecule has 1 aliphatic rings. The molecule has 0 spiro atoms. The number of nitrogens with two attached hydrogens (primary N) is 1. The molecule has 0 aliphatic carbocycles. The highest BCUT2D eigenvalue weighted by atomic mass is 15.0. The smallest absolute Gasteiger partial charge is 0.213 e. The number of aliphatic imine (C=N–C) groups is 1. The Kier molecular flexibility index (Phi) is 3.61. The molecule has 1 aliphatic heterocycles. The molecule has 4 rings (SSSR count). The Labute approximate surface area is 146 Å². The molecule has 0 saturated carbocycles. The van der Waals surface area contributed by atoms with Crippen LogP contribution in [0.25, 0.3) is 0 Å². The topological polar surface area (TPSA) is 90.1 Å². The van der Waals surface area contributed by atoms with Crippen molar-refractivity contribution < 1.29 is 0 Å². The van der Waals surface area contributed by atoms with E-state index >= 15 is 0 Å². The summed E-state index contributed by atoms with van der Waals surface area (Å²) in [7, 11) is 0. The largest absolute Gasteiger partial charge is 0.374 e. The average molecular weight is 329 g/mol. The van der Waals surface area contributed by atoms with Gasteiger partial charge in [-0.25, -0.2) is 4.99 Å². The van der Waals surface area contributed by atoms with E-state index in [-0.39, 0.29) is 12.0 Å². The Bertz CT molecular complexity index is 983. The molecule has 0 radical (unpaired) electrons. The summed E-state index contributed by atoms with van der Waals surface area (Å²) in [6.07, 6.45) is 1.90. The van der Waals surface area contributed by atoms with Gasteiger partial charge >= 0.3 is 0 Å². The Morgan fingerprint density at radius 1 is 1.12 bits per heavy atom. The van der Waals surface area contributed by atoms with Gasteiger partial charge < -0.3 is 16.0 Å². The van der Waals surface area contributed by atoms with Crippen LogP contribution in [-0.4, -0.2) is 16.7 Å². The third kappa shape index (κ3) is 2.70. The third-order valence-electron chi connectivity index (χ3n) is 4.42. The molecule has 5 N–H and O–H groups in total. The fraction of sp³-hybridized carbons (Fsp3) is 0.100. The van der Waals surface area contributed by atoms with Gasteiger partial charge in [0.05, 0.1) is 11.7 Å². The minimum Gasteiger partial charge on any atom is -0.374 e. The highest BCUT2D eigenvalue weighted by Crippen LogP contribution is 2.35. The summed E-state index contributed by atoms with van der Waals surface area (Å²) in [4.78, 5) is 7.59. The number of fused-ring (bicyclic) bond motifs is 2. The molecule has 2 aromatic carbocycles. The average Bonchev–Trinajstić information content (AvgIpc) is 3.02. The molecular formula is C20H19N5. The van der Waals surface area contributed by atoms with E-state index in [2.05, 4.69) is 52.5 Å². The number of para-hydroxylation sites is 1. The lowest BCUT2D eigenvalue weighted by atomic mass is 9.96. The molecule has 0 saturated heterocycles. The molecule has 0 fully saturated rings. The van der Waals surface area contributed by atoms with Crippen molar-refractivity contribution in [3.05, 3.63) is 88.7 Å². The highest BCUT2D eigenvalue weighted by molar-refractivity contribution is 6.19. The maximum Gasteiger partial charge on any atom is 0.213 e. The Morgan fingerprint density at radius 3 is 2.76 bits per heavy atom. The van der Waals surface area contributed by atoms with E-state index in [1.54, 1.807) is 0 Å². The van der Waals surface area contributed by atoms with Gasteiger partial charge in [0.15, 0.2) is 0 Å². The zero-order valence-electron chi connectivity index (χ0n) is 13.9. The lowest BCUT2D eigenvalue weighted by molar-refractivity contribution is 0.940. The molecule has 25 heavy (non-hydrogen) atoms. The van der Waals surface area contributed by atoms with Crippen LogP contribution < -0.4 is 11.1 Å². The van der Waals surface area contributed by atoms with Crippen LogP contribution in [0.15, 0.2) is 65.8 Å². The normalized spacial score (nSPS) is 17.3. The highest BCUT2D eigenvalue weighted by Gasteiger charge is 2.27. The number of rotatable bonds is 1. The van der Waals surface area contributed by atoms with E-state index in [9.17, 15) is 0 Å². The number of aromatic nitrogens is 1. The number of aryl methyl sites for hydroxylation is 1. The van der Waals surface area contributed by atoms with Gasteiger partial charge in [0.2, 0.25) is 5.96 Å². The van der Waals surface area contributed by atoms with E-state index < -0.39 is 0 Å². The van der Waals surface area contributed by atoms with Crippen LogP contribution in [0, 0.1) is 12.3 Å². The second kappa shape index (κ2) is 5.94. The summed E-state index contributed by atoms with van der Waals surface area (Å²) in [5, 5.41) is 11.3. The van der Waals surface area contributed by atoms with Gasteiger partial charge in [0, 0.05) is 23.0 Å². The zero-order chi connectivity index (χ0) is 17.4. The van der Waals surface area contributed by atoms with Crippen LogP contribution in [-0.2, 0) is 0 Å². The van der Waals surface area contributed by atoms with Crippen molar-refractivity contribution in [1.29, 1.82) is 5.41 Å². The van der Waals surface area contributed by atoms with E-state index in [0.29, 0.717) is 5.71 Å². The van der Waals surface area contributed by atoms with Crippen LogP contribution in [0.5, 0.6) is 0 Å². The van der Waals surface area contributed by atoms with E-state index in [0.717, 1.165) is 22.5 Å². The summed E-state index contributed by atoms with van der Waals surface area (Å²) in [5.74, 6) is -0.209. The van der Waals surface area contributed by atoms with E-state index in [4.69, 9.17) is 11.1 Å². The van der Waals surface area contributed by atoms with Crippen LogP contribution in [0.4, 0.5) is 5.69 Å². The first-order valence-corrected chi connectivity index (χ1v) is 8.16. The molecule has 1 atom stereocenters. The molecule has 124 valence electrons. The van der Waals surface area contributed by atoms with E-state index in [1.807, 2.05) is 30.5 Å². The summed E-state index contributed by atoms with van der Waals surface area (Å²) >= 11 is 0. The van der Waals surface area contributed by atoms with Crippen molar-refractivity contribution in [3.8, 4) is 0 Å². The van der Waals surface area contributed by atoms with Crippen molar-refractivity contribution in [1.82, 2.24) is 4.98 Å². The Hall–Kier alpha value is -3.34. The van der Waals surface area contributed by atoms with Crippen LogP contribution >= 0.6 is 0 Å². The standard InChI is InChI=1S/C20H19N5/c1-12-5-4-6-13(11-12)17-15-9-10-23-18(15)19(25-20(21)22)14-7-2-3-8-16(14)24-17/h2-11,17,23-24H,1H3,(H3,21,22)/b25-19-. The maximum absolute atomic E-state index is 7.64. The summed E-state index contributed by atoms with van der Waals surface area (Å²) < 4.78 is 0. The minimum absolute atomic E-state index is 0.0121. The van der Waals surface area contributed by atoms with Crippen LogP contribution in [0.3, 0.4) is 0 Å². The van der Waals surface area contributed by atoms with Gasteiger partial charge in [-0.15, -0.1) is 0 Å². The predicted molar refractivity (Wildman–Crippen MR) is 101 cm³/mol. The number of hydrogen-bond acceptors (Lipinski definition) is 2. The number of nitrogens with zero attached hydrogens (tertiary/aromatic N) is 1.